The standard InChI is InChI=1S/C27H32N4O3/c1-2-34-26(32)21-18-29-31(25-14-8-9-16-28-25)24(21)19-30-17-15-27(33,20-10-4-3-5-11-20)22-12-6-7-13-23(22)30/h3-5,8-11,14,16,18,22-23,33H,2,6-7,12-13,15,17,19H2,1H3/t22-,23+,27+/m1/s1. The van der Waals surface area contributed by atoms with Gasteiger partial charge in [-0.05, 0) is 43.9 Å². The summed E-state index contributed by atoms with van der Waals surface area (Å²) in [6.45, 7) is 3.41. The average Bonchev–Trinajstić information content (AvgIpc) is 3.31. The van der Waals surface area contributed by atoms with Gasteiger partial charge < -0.3 is 9.84 Å². The molecule has 34 heavy (non-hydrogen) atoms. The second kappa shape index (κ2) is 9.68. The molecule has 0 spiro atoms. The Balaban J connectivity index is 1.49. The van der Waals surface area contributed by atoms with E-state index in [9.17, 15) is 9.90 Å². The van der Waals surface area contributed by atoms with E-state index < -0.39 is 5.60 Å². The Labute approximate surface area is 200 Å². The number of fused-ring (bicyclic) bond motifs is 1. The van der Waals surface area contributed by atoms with Crippen LogP contribution in [0.4, 0.5) is 0 Å². The van der Waals surface area contributed by atoms with Crippen molar-refractivity contribution < 1.29 is 14.6 Å². The molecule has 1 aromatic carbocycles. The van der Waals surface area contributed by atoms with E-state index in [4.69, 9.17) is 4.74 Å². The topological polar surface area (TPSA) is 80.5 Å². The Morgan fingerprint density at radius 1 is 1.15 bits per heavy atom. The molecule has 0 unspecified atom stereocenters. The highest BCUT2D eigenvalue weighted by Gasteiger charge is 2.49. The minimum Gasteiger partial charge on any atom is -0.462 e. The molecule has 1 aliphatic carbocycles. The van der Waals surface area contributed by atoms with Gasteiger partial charge in [0.05, 0.1) is 24.1 Å². The van der Waals surface area contributed by atoms with E-state index in [2.05, 4.69) is 27.1 Å². The quantitative estimate of drug-likeness (QED) is 0.558. The van der Waals surface area contributed by atoms with E-state index in [1.165, 1.54) is 0 Å². The molecular weight excluding hydrogens is 428 g/mol. The van der Waals surface area contributed by atoms with Gasteiger partial charge in [-0.3, -0.25) is 4.90 Å². The van der Waals surface area contributed by atoms with Crippen LogP contribution in [0, 0.1) is 5.92 Å². The second-order valence-electron chi connectivity index (χ2n) is 9.29. The summed E-state index contributed by atoms with van der Waals surface area (Å²) in [6, 6.07) is 16.0. The van der Waals surface area contributed by atoms with E-state index in [-0.39, 0.29) is 17.9 Å². The number of esters is 1. The van der Waals surface area contributed by atoms with Gasteiger partial charge in [0, 0.05) is 31.2 Å². The summed E-state index contributed by atoms with van der Waals surface area (Å²) in [6.07, 6.45) is 8.28. The molecule has 3 atom stereocenters. The molecule has 1 saturated heterocycles. The van der Waals surface area contributed by atoms with Gasteiger partial charge in [0.1, 0.15) is 5.56 Å². The molecule has 7 nitrogen and oxygen atoms in total. The van der Waals surface area contributed by atoms with Gasteiger partial charge in [-0.15, -0.1) is 0 Å². The van der Waals surface area contributed by atoms with Crippen LogP contribution in [-0.2, 0) is 16.9 Å². The van der Waals surface area contributed by atoms with Crippen molar-refractivity contribution in [3.63, 3.8) is 0 Å². The molecule has 0 radical (unpaired) electrons. The average molecular weight is 461 g/mol. The zero-order valence-electron chi connectivity index (χ0n) is 19.6. The fourth-order valence-corrected chi connectivity index (χ4v) is 5.83. The Kier molecular flexibility index (Phi) is 6.48. The molecule has 178 valence electrons. The monoisotopic (exact) mass is 460 g/mol. The van der Waals surface area contributed by atoms with Crippen molar-refractivity contribution in [1.82, 2.24) is 19.7 Å². The number of piperidine rings is 1. The minimum atomic E-state index is -0.825. The maximum atomic E-state index is 12.8. The Morgan fingerprint density at radius 2 is 1.94 bits per heavy atom. The zero-order chi connectivity index (χ0) is 23.5. The lowest BCUT2D eigenvalue weighted by Gasteiger charge is -2.52. The lowest BCUT2D eigenvalue weighted by Crippen LogP contribution is -2.57. The number of aromatic nitrogens is 3. The molecule has 3 heterocycles. The maximum absolute atomic E-state index is 12.8. The van der Waals surface area contributed by atoms with E-state index in [1.54, 1.807) is 17.1 Å². The molecule has 3 aromatic rings. The van der Waals surface area contributed by atoms with Crippen LogP contribution in [0.3, 0.4) is 0 Å². The molecule has 2 aromatic heterocycles. The van der Waals surface area contributed by atoms with E-state index >= 15 is 0 Å². The number of carbonyl (C=O) groups excluding carboxylic acids is 1. The zero-order valence-corrected chi connectivity index (χ0v) is 19.6. The summed E-state index contributed by atoms with van der Waals surface area (Å²) >= 11 is 0. The number of rotatable bonds is 6. The highest BCUT2D eigenvalue weighted by Crippen LogP contribution is 2.47. The fraction of sp³-hybridized carbons (Fsp3) is 0.444. The molecule has 1 aliphatic heterocycles. The molecule has 0 bridgehead atoms. The summed E-state index contributed by atoms with van der Waals surface area (Å²) < 4.78 is 7.09. The van der Waals surface area contributed by atoms with Crippen LogP contribution in [0.25, 0.3) is 5.82 Å². The first-order valence-corrected chi connectivity index (χ1v) is 12.3. The highest BCUT2D eigenvalue weighted by molar-refractivity contribution is 5.90. The number of ether oxygens (including phenoxy) is 1. The Bertz CT molecular complexity index is 1120. The van der Waals surface area contributed by atoms with Gasteiger partial charge in [-0.25, -0.2) is 14.5 Å². The summed E-state index contributed by atoms with van der Waals surface area (Å²) in [5.74, 6) is 0.457. The normalized spacial score (nSPS) is 25.0. The summed E-state index contributed by atoms with van der Waals surface area (Å²) in [5, 5.41) is 16.4. The molecule has 1 N–H and O–H groups in total. The summed E-state index contributed by atoms with van der Waals surface area (Å²) in [4.78, 5) is 19.7. The lowest BCUT2D eigenvalue weighted by atomic mass is 9.66. The molecule has 7 heteroatoms. The highest BCUT2D eigenvalue weighted by atomic mass is 16.5. The largest absolute Gasteiger partial charge is 0.462 e. The number of carbonyl (C=O) groups is 1. The first-order chi connectivity index (χ1) is 16.6. The van der Waals surface area contributed by atoms with Gasteiger partial charge in [0.2, 0.25) is 0 Å². The van der Waals surface area contributed by atoms with Crippen LogP contribution in [0.5, 0.6) is 0 Å². The smallest absolute Gasteiger partial charge is 0.341 e. The number of benzene rings is 1. The number of likely N-dealkylation sites (tertiary alicyclic amines) is 1. The maximum Gasteiger partial charge on any atom is 0.341 e. The predicted molar refractivity (Wildman–Crippen MR) is 128 cm³/mol. The van der Waals surface area contributed by atoms with Gasteiger partial charge in [0.15, 0.2) is 5.82 Å². The van der Waals surface area contributed by atoms with Gasteiger partial charge in [0.25, 0.3) is 0 Å². The van der Waals surface area contributed by atoms with Gasteiger partial charge in [-0.2, -0.15) is 5.10 Å². The van der Waals surface area contributed by atoms with Crippen LogP contribution >= 0.6 is 0 Å². The summed E-state index contributed by atoms with van der Waals surface area (Å²) in [5.41, 5.74) is 1.45. The van der Waals surface area contributed by atoms with Crippen molar-refractivity contribution in [1.29, 1.82) is 0 Å². The van der Waals surface area contributed by atoms with Crippen LogP contribution < -0.4 is 0 Å². The van der Waals surface area contributed by atoms with Crippen molar-refractivity contribution in [2.75, 3.05) is 13.2 Å². The molecule has 2 fully saturated rings. The first kappa shape index (κ1) is 22.7. The van der Waals surface area contributed by atoms with Crippen molar-refractivity contribution in [2.24, 2.45) is 5.92 Å². The van der Waals surface area contributed by atoms with Gasteiger partial charge >= 0.3 is 5.97 Å². The number of nitrogens with zero attached hydrogens (tertiary/aromatic N) is 4. The number of hydrogen-bond acceptors (Lipinski definition) is 6. The fourth-order valence-electron chi connectivity index (χ4n) is 5.83. The minimum absolute atomic E-state index is 0.148. The van der Waals surface area contributed by atoms with E-state index in [1.807, 2.05) is 43.3 Å². The van der Waals surface area contributed by atoms with Crippen molar-refractivity contribution >= 4 is 5.97 Å². The van der Waals surface area contributed by atoms with E-state index in [0.29, 0.717) is 31.0 Å². The number of hydrogen-bond donors (Lipinski definition) is 1. The Morgan fingerprint density at radius 3 is 2.71 bits per heavy atom. The first-order valence-electron chi connectivity index (χ1n) is 12.3. The van der Waals surface area contributed by atoms with Crippen molar-refractivity contribution in [3.05, 3.63) is 77.7 Å². The third-order valence-electron chi connectivity index (χ3n) is 7.45. The SMILES string of the molecule is CCOC(=O)c1cnn(-c2ccccn2)c1CN1CC[C@](O)(c2ccccc2)[C@@H]2CCCC[C@@H]21. The second-order valence-corrected chi connectivity index (χ2v) is 9.29. The molecule has 5 rings (SSSR count). The molecular formula is C27H32N4O3. The third kappa shape index (κ3) is 4.14. The van der Waals surface area contributed by atoms with Crippen LogP contribution in [0.1, 0.15) is 60.6 Å². The van der Waals surface area contributed by atoms with Gasteiger partial charge in [-0.1, -0.05) is 49.2 Å². The molecule has 0 amide bonds. The van der Waals surface area contributed by atoms with Crippen LogP contribution in [0.2, 0.25) is 0 Å². The lowest BCUT2D eigenvalue weighted by molar-refractivity contribution is -0.123. The number of aliphatic hydroxyl groups is 1. The molecule has 2 aliphatic rings. The molecule has 1 saturated carbocycles. The predicted octanol–water partition coefficient (Wildman–Crippen LogP) is 4.10. The summed E-state index contributed by atoms with van der Waals surface area (Å²) in [7, 11) is 0. The van der Waals surface area contributed by atoms with Crippen LogP contribution in [-0.4, -0.2) is 49.9 Å². The van der Waals surface area contributed by atoms with Crippen molar-refractivity contribution in [2.45, 2.75) is 57.2 Å². The number of pyridine rings is 1. The third-order valence-corrected chi connectivity index (χ3v) is 7.45. The van der Waals surface area contributed by atoms with Crippen LogP contribution in [0.15, 0.2) is 60.9 Å². The Hall–Kier alpha value is -3.03. The van der Waals surface area contributed by atoms with Crippen molar-refractivity contribution in [3.8, 4) is 5.82 Å². The van der Waals surface area contributed by atoms with E-state index in [0.717, 1.165) is 43.5 Å².